The molecule has 66 valence electrons. The van der Waals surface area contributed by atoms with Crippen LogP contribution in [0.3, 0.4) is 0 Å². The summed E-state index contributed by atoms with van der Waals surface area (Å²) < 4.78 is 4.55. The Labute approximate surface area is 70.6 Å². The van der Waals surface area contributed by atoms with Gasteiger partial charge >= 0.3 is 5.97 Å². The van der Waals surface area contributed by atoms with Crippen molar-refractivity contribution in [1.82, 2.24) is 5.32 Å². The standard InChI is InChI=1S/C8H11NO3/c1-8(7(11)12-2)5-6(10)3-4-9-8/h3-4,9H,5H2,1-2H3. The highest BCUT2D eigenvalue weighted by Gasteiger charge is 2.36. The Bertz CT molecular complexity index is 247. The van der Waals surface area contributed by atoms with Gasteiger partial charge in [0.1, 0.15) is 5.54 Å². The third-order valence-electron chi connectivity index (χ3n) is 1.83. The molecule has 0 saturated carbocycles. The van der Waals surface area contributed by atoms with Crippen molar-refractivity contribution in [1.29, 1.82) is 0 Å². The fourth-order valence-corrected chi connectivity index (χ4v) is 1.13. The van der Waals surface area contributed by atoms with Gasteiger partial charge in [-0.3, -0.25) is 4.79 Å². The van der Waals surface area contributed by atoms with Gasteiger partial charge < -0.3 is 10.1 Å². The van der Waals surface area contributed by atoms with Crippen molar-refractivity contribution < 1.29 is 14.3 Å². The summed E-state index contributed by atoms with van der Waals surface area (Å²) in [6, 6.07) is 0. The Balaban J connectivity index is 2.79. The Kier molecular flexibility index (Phi) is 2.17. The molecule has 4 heteroatoms. The van der Waals surface area contributed by atoms with Crippen LogP contribution in [0.15, 0.2) is 12.3 Å². The van der Waals surface area contributed by atoms with Crippen molar-refractivity contribution in [2.24, 2.45) is 0 Å². The number of esters is 1. The quantitative estimate of drug-likeness (QED) is 0.561. The maximum Gasteiger partial charge on any atom is 0.331 e. The Morgan fingerprint density at radius 1 is 1.75 bits per heavy atom. The number of rotatable bonds is 1. The van der Waals surface area contributed by atoms with Crippen molar-refractivity contribution >= 4 is 11.8 Å². The third kappa shape index (κ3) is 1.47. The second kappa shape index (κ2) is 2.97. The molecule has 1 N–H and O–H groups in total. The molecule has 1 aliphatic rings. The van der Waals surface area contributed by atoms with Crippen LogP contribution in [-0.4, -0.2) is 24.4 Å². The first-order chi connectivity index (χ1) is 5.58. The van der Waals surface area contributed by atoms with E-state index < -0.39 is 11.5 Å². The largest absolute Gasteiger partial charge is 0.467 e. The number of carbonyl (C=O) groups excluding carboxylic acids is 2. The maximum atomic E-state index is 11.2. The summed E-state index contributed by atoms with van der Waals surface area (Å²) in [5, 5.41) is 2.80. The van der Waals surface area contributed by atoms with Crippen LogP contribution in [0.1, 0.15) is 13.3 Å². The molecule has 12 heavy (non-hydrogen) atoms. The van der Waals surface area contributed by atoms with Gasteiger partial charge in [-0.2, -0.15) is 0 Å². The number of hydrogen-bond acceptors (Lipinski definition) is 4. The molecule has 0 radical (unpaired) electrons. The van der Waals surface area contributed by atoms with Gasteiger partial charge in [-0.05, 0) is 13.0 Å². The van der Waals surface area contributed by atoms with Crippen molar-refractivity contribution in [3.05, 3.63) is 12.3 Å². The molecule has 0 aliphatic carbocycles. The van der Waals surface area contributed by atoms with Crippen molar-refractivity contribution in [3.8, 4) is 0 Å². The highest BCUT2D eigenvalue weighted by Crippen LogP contribution is 2.15. The van der Waals surface area contributed by atoms with Gasteiger partial charge in [-0.25, -0.2) is 4.79 Å². The zero-order chi connectivity index (χ0) is 9.19. The molecule has 0 amide bonds. The molecule has 4 nitrogen and oxygen atoms in total. The first-order valence-corrected chi connectivity index (χ1v) is 3.64. The molecule has 1 atom stereocenters. The first-order valence-electron chi connectivity index (χ1n) is 3.64. The molecule has 1 rings (SSSR count). The van der Waals surface area contributed by atoms with Gasteiger partial charge in [0.2, 0.25) is 0 Å². The number of nitrogens with one attached hydrogen (secondary N) is 1. The van der Waals surface area contributed by atoms with Crippen LogP contribution >= 0.6 is 0 Å². The van der Waals surface area contributed by atoms with Crippen LogP contribution in [0.5, 0.6) is 0 Å². The smallest absolute Gasteiger partial charge is 0.331 e. The monoisotopic (exact) mass is 169 g/mol. The minimum absolute atomic E-state index is 0.0679. The normalized spacial score (nSPS) is 28.0. The molecule has 1 aliphatic heterocycles. The Morgan fingerprint density at radius 2 is 2.42 bits per heavy atom. The summed E-state index contributed by atoms with van der Waals surface area (Å²) in [6.45, 7) is 1.64. The number of hydrogen-bond donors (Lipinski definition) is 1. The number of carbonyl (C=O) groups is 2. The Hall–Kier alpha value is -1.32. The fraction of sp³-hybridized carbons (Fsp3) is 0.500. The molecule has 0 aromatic rings. The van der Waals surface area contributed by atoms with Gasteiger partial charge in [0.15, 0.2) is 5.78 Å². The summed E-state index contributed by atoms with van der Waals surface area (Å²) in [4.78, 5) is 22.1. The molecule has 0 aromatic heterocycles. The first kappa shape index (κ1) is 8.77. The summed E-state index contributed by atoms with van der Waals surface area (Å²) in [5.74, 6) is -0.484. The molecular weight excluding hydrogens is 158 g/mol. The SMILES string of the molecule is COC(=O)C1(C)CC(=O)C=CN1. The predicted octanol–water partition coefficient (Wildman–Crippen LogP) is -0.00580. The van der Waals surface area contributed by atoms with Crippen LogP contribution in [0, 0.1) is 0 Å². The van der Waals surface area contributed by atoms with Gasteiger partial charge in [0.25, 0.3) is 0 Å². The van der Waals surface area contributed by atoms with E-state index in [-0.39, 0.29) is 12.2 Å². The van der Waals surface area contributed by atoms with Gasteiger partial charge in [0, 0.05) is 12.6 Å². The number of ether oxygens (including phenoxy) is 1. The minimum Gasteiger partial charge on any atom is -0.467 e. The van der Waals surface area contributed by atoms with Crippen LogP contribution in [0.4, 0.5) is 0 Å². The van der Waals surface area contributed by atoms with E-state index >= 15 is 0 Å². The zero-order valence-electron chi connectivity index (χ0n) is 7.09. The lowest BCUT2D eigenvalue weighted by atomic mass is 9.93. The third-order valence-corrected chi connectivity index (χ3v) is 1.83. The van der Waals surface area contributed by atoms with E-state index in [0.29, 0.717) is 0 Å². The molecule has 1 heterocycles. The maximum absolute atomic E-state index is 11.2. The van der Waals surface area contributed by atoms with Crippen LogP contribution in [-0.2, 0) is 14.3 Å². The van der Waals surface area contributed by atoms with Crippen molar-refractivity contribution in [2.75, 3.05) is 7.11 Å². The van der Waals surface area contributed by atoms with E-state index in [2.05, 4.69) is 10.1 Å². The van der Waals surface area contributed by atoms with Gasteiger partial charge in [-0.1, -0.05) is 0 Å². The van der Waals surface area contributed by atoms with Crippen LogP contribution in [0.25, 0.3) is 0 Å². The fourth-order valence-electron chi connectivity index (χ4n) is 1.13. The van der Waals surface area contributed by atoms with Crippen LogP contribution in [0.2, 0.25) is 0 Å². The van der Waals surface area contributed by atoms with E-state index in [1.165, 1.54) is 19.4 Å². The topological polar surface area (TPSA) is 55.4 Å². The van der Waals surface area contributed by atoms with E-state index in [9.17, 15) is 9.59 Å². The lowest BCUT2D eigenvalue weighted by molar-refractivity contribution is -0.149. The van der Waals surface area contributed by atoms with E-state index in [0.717, 1.165) is 0 Å². The average Bonchev–Trinajstić information content (AvgIpc) is 2.02. The van der Waals surface area contributed by atoms with E-state index in [4.69, 9.17) is 0 Å². The molecule has 0 aromatic carbocycles. The summed E-state index contributed by atoms with van der Waals surface area (Å²) >= 11 is 0. The molecular formula is C8H11NO3. The molecule has 0 saturated heterocycles. The van der Waals surface area contributed by atoms with Crippen molar-refractivity contribution in [2.45, 2.75) is 18.9 Å². The number of methoxy groups -OCH3 is 1. The minimum atomic E-state index is -0.888. The predicted molar refractivity (Wildman–Crippen MR) is 42.3 cm³/mol. The average molecular weight is 169 g/mol. The van der Waals surface area contributed by atoms with Crippen molar-refractivity contribution in [3.63, 3.8) is 0 Å². The number of allylic oxidation sites excluding steroid dienone is 1. The van der Waals surface area contributed by atoms with Gasteiger partial charge in [0.05, 0.1) is 7.11 Å². The summed E-state index contributed by atoms with van der Waals surface area (Å²) in [7, 11) is 1.30. The lowest BCUT2D eigenvalue weighted by Gasteiger charge is -2.28. The molecule has 0 spiro atoms. The molecule has 0 bridgehead atoms. The number of ketones is 1. The molecule has 1 unspecified atom stereocenters. The van der Waals surface area contributed by atoms with Crippen LogP contribution < -0.4 is 5.32 Å². The molecule has 0 fully saturated rings. The zero-order valence-corrected chi connectivity index (χ0v) is 7.09. The second-order valence-electron chi connectivity index (χ2n) is 2.94. The summed E-state index contributed by atoms with van der Waals surface area (Å²) in [5.41, 5.74) is -0.888. The van der Waals surface area contributed by atoms with E-state index in [1.807, 2.05) is 0 Å². The Morgan fingerprint density at radius 3 is 2.92 bits per heavy atom. The highest BCUT2D eigenvalue weighted by molar-refractivity contribution is 5.97. The highest BCUT2D eigenvalue weighted by atomic mass is 16.5. The van der Waals surface area contributed by atoms with Gasteiger partial charge in [-0.15, -0.1) is 0 Å². The second-order valence-corrected chi connectivity index (χ2v) is 2.94. The summed E-state index contributed by atoms with van der Waals surface area (Å²) in [6.07, 6.45) is 3.03. The lowest BCUT2D eigenvalue weighted by Crippen LogP contribution is -2.50. The van der Waals surface area contributed by atoms with E-state index in [1.54, 1.807) is 6.92 Å².